The van der Waals surface area contributed by atoms with E-state index in [1.165, 1.54) is 0 Å². The van der Waals surface area contributed by atoms with Gasteiger partial charge in [-0.2, -0.15) is 21.8 Å². The first-order chi connectivity index (χ1) is 13.3. The molecule has 1 aliphatic rings. The Kier molecular flexibility index (Phi) is 9.42. The number of nitrogen functional groups attached to an aromatic ring is 1. The molecule has 4 amide bonds. The van der Waals surface area contributed by atoms with Crippen LogP contribution in [0.25, 0.3) is 10.8 Å². The number of amides is 4. The van der Waals surface area contributed by atoms with E-state index in [0.29, 0.717) is 12.1 Å². The third-order valence-electron chi connectivity index (χ3n) is 4.00. The Labute approximate surface area is 262 Å². The molecule has 2 aromatic carbocycles. The van der Waals surface area contributed by atoms with Gasteiger partial charge in [-0.1, -0.05) is 0 Å². The van der Waals surface area contributed by atoms with Gasteiger partial charge >= 0.3 is 6.03 Å². The van der Waals surface area contributed by atoms with E-state index in [-0.39, 0.29) is 116 Å². The van der Waals surface area contributed by atoms with E-state index in [2.05, 4.69) is 0 Å². The topological polar surface area (TPSA) is 239 Å². The van der Waals surface area contributed by atoms with Crippen LogP contribution in [0.15, 0.2) is 28.0 Å². The third-order valence-corrected chi connectivity index (χ3v) is 5.72. The first kappa shape index (κ1) is 29.0. The number of nitrogens with two attached hydrogens (primary N) is 2. The minimum Gasteiger partial charge on any atom is -0.397 e. The van der Waals surface area contributed by atoms with Crippen molar-refractivity contribution in [2.24, 2.45) is 5.84 Å². The van der Waals surface area contributed by atoms with Crippen LogP contribution in [-0.4, -0.2) is 152 Å². The number of hydrazine groups is 2. The van der Waals surface area contributed by atoms with Crippen molar-refractivity contribution >= 4 is 157 Å². The first-order valence-electron chi connectivity index (χ1n) is 7.28. The summed E-state index contributed by atoms with van der Waals surface area (Å²) in [5.74, 6) is 2.44. The van der Waals surface area contributed by atoms with Crippen molar-refractivity contribution in [1.82, 2.24) is 15.9 Å². The van der Waals surface area contributed by atoms with Crippen LogP contribution < -0.4 is 22.4 Å². The van der Waals surface area contributed by atoms with Crippen molar-refractivity contribution in [3.63, 3.8) is 0 Å². The minimum atomic E-state index is -4.99. The Morgan fingerprint density at radius 3 is 1.94 bits per heavy atom. The average molecular weight is 528 g/mol. The molecule has 3 rings (SSSR count). The van der Waals surface area contributed by atoms with Crippen molar-refractivity contribution in [1.29, 1.82) is 0 Å². The van der Waals surface area contributed by atoms with Gasteiger partial charge in [0, 0.05) is 116 Å². The molecule has 0 unspecified atom stereocenters. The summed E-state index contributed by atoms with van der Waals surface area (Å²) in [5.41, 5.74) is 7.42. The molecule has 2 radical (unpaired) electrons. The van der Waals surface area contributed by atoms with Crippen LogP contribution in [0.1, 0.15) is 23.6 Å². The molecule has 1 heterocycles. The van der Waals surface area contributed by atoms with E-state index in [9.17, 15) is 40.3 Å². The molecule has 8 N–H and O–H groups in total. The summed E-state index contributed by atoms with van der Waals surface area (Å²) in [6, 6.07) is 0.894. The monoisotopic (exact) mass is 527 g/mol. The number of nitrogens with one attached hydrogen (secondary N) is 2. The fourth-order valence-electron chi connectivity index (χ4n) is 2.80. The number of nitrogens with zero attached hydrogens (tertiary/aromatic N) is 1. The van der Waals surface area contributed by atoms with Crippen LogP contribution in [0.4, 0.5) is 10.5 Å². The van der Waals surface area contributed by atoms with Gasteiger partial charge in [0.1, 0.15) is 4.90 Å². The number of benzene rings is 2. The summed E-state index contributed by atoms with van der Waals surface area (Å²) in [6.07, 6.45) is 0. The molecule has 0 saturated carbocycles. The van der Waals surface area contributed by atoms with Crippen LogP contribution in [0.5, 0.6) is 0 Å². The molecule has 0 aliphatic carbocycles. The van der Waals surface area contributed by atoms with Gasteiger partial charge in [0.05, 0.1) is 21.7 Å². The van der Waals surface area contributed by atoms with E-state index in [1.54, 1.807) is 10.9 Å². The van der Waals surface area contributed by atoms with Gasteiger partial charge in [0.25, 0.3) is 32.1 Å². The summed E-state index contributed by atoms with van der Waals surface area (Å²) in [5, 5.41) is -0.523. The van der Waals surface area contributed by atoms with E-state index in [4.69, 9.17) is 11.6 Å². The molecule has 160 valence electrons. The molecular formula is C13H15K2N5O9S2. The van der Waals surface area contributed by atoms with Crippen LogP contribution in [0.3, 0.4) is 0 Å². The number of hydrogen-bond acceptors (Lipinski definition) is 9. The second-order valence-corrected chi connectivity index (χ2v) is 8.52. The fourth-order valence-corrected chi connectivity index (χ4v) is 3.99. The van der Waals surface area contributed by atoms with Gasteiger partial charge in [-0.25, -0.2) is 16.1 Å². The molecule has 0 aromatic heterocycles. The summed E-state index contributed by atoms with van der Waals surface area (Å²) < 4.78 is 65.2. The minimum absolute atomic E-state index is 0. The SMILES string of the molecule is NNC(=O)NN1C(=O)c2cc(S(=O)(=O)O)cc3c(N)c(S(=O)(=O)O)cc(c23)C1=O.[HH].[HH].[K].[K]. The second-order valence-electron chi connectivity index (χ2n) is 5.71. The molecular weight excluding hydrogens is 512 g/mol. The summed E-state index contributed by atoms with van der Waals surface area (Å²) in [4.78, 5) is 35.0. The Morgan fingerprint density at radius 1 is 0.968 bits per heavy atom. The molecule has 2 aromatic rings. The van der Waals surface area contributed by atoms with Crippen molar-refractivity contribution in [2.75, 3.05) is 5.73 Å². The number of rotatable bonds is 3. The normalized spacial score (nSPS) is 13.3. The standard InChI is InChI=1S/C13H11N5O9S2.2K.2H2/c14-10-5-1-4(28(22,23)24)2-6-9(5)7(3-8(10)29(25,26)27)12(20)18(11(6)19)17-13(21)16-15;;;;/h1-3H,14-15H2,(H2,16,17,21)(H,22,23,24)(H,25,26,27);;;2*1H. The van der Waals surface area contributed by atoms with Gasteiger partial charge in [-0.3, -0.25) is 24.1 Å². The van der Waals surface area contributed by atoms with Crippen molar-refractivity contribution < 1.29 is 43.2 Å². The van der Waals surface area contributed by atoms with Crippen molar-refractivity contribution in [3.8, 4) is 0 Å². The summed E-state index contributed by atoms with van der Waals surface area (Å²) in [6.45, 7) is 0. The smallest absolute Gasteiger partial charge is 0.348 e. The second kappa shape index (κ2) is 10.1. The van der Waals surface area contributed by atoms with Crippen LogP contribution in [-0.2, 0) is 20.2 Å². The summed E-state index contributed by atoms with van der Waals surface area (Å²) in [7, 11) is -9.89. The Balaban J connectivity index is 0. The zero-order valence-electron chi connectivity index (χ0n) is 15.9. The number of anilines is 1. The molecule has 14 nitrogen and oxygen atoms in total. The molecule has 0 spiro atoms. The van der Waals surface area contributed by atoms with Crippen LogP contribution >= 0.6 is 0 Å². The van der Waals surface area contributed by atoms with Crippen LogP contribution in [0, 0.1) is 0 Å². The first-order valence-corrected chi connectivity index (χ1v) is 10.2. The van der Waals surface area contributed by atoms with Gasteiger partial charge in [0.2, 0.25) is 0 Å². The van der Waals surface area contributed by atoms with Crippen molar-refractivity contribution in [3.05, 3.63) is 29.3 Å². The fraction of sp³-hybridized carbons (Fsp3) is 0. The molecule has 18 heteroatoms. The average Bonchev–Trinajstić information content (AvgIpc) is 2.61. The number of hydrogen-bond donors (Lipinski definition) is 6. The van der Waals surface area contributed by atoms with E-state index in [1.807, 2.05) is 0 Å². The maximum Gasteiger partial charge on any atom is 0.348 e. The van der Waals surface area contributed by atoms with Crippen molar-refractivity contribution in [2.45, 2.75) is 9.79 Å². The Bertz CT molecular complexity index is 1330. The van der Waals surface area contributed by atoms with E-state index >= 15 is 0 Å². The molecule has 0 fully saturated rings. The molecule has 0 saturated heterocycles. The van der Waals surface area contributed by atoms with Gasteiger partial charge < -0.3 is 5.73 Å². The maximum absolute atomic E-state index is 12.7. The third kappa shape index (κ3) is 5.38. The zero-order valence-corrected chi connectivity index (χ0v) is 23.8. The molecule has 0 atom stereocenters. The number of urea groups is 1. The Morgan fingerprint density at radius 2 is 1.48 bits per heavy atom. The quantitative estimate of drug-likeness (QED) is 0.0501. The van der Waals surface area contributed by atoms with Gasteiger partial charge in [0.15, 0.2) is 0 Å². The number of carbonyl (C=O) groups is 3. The van der Waals surface area contributed by atoms with E-state index < -0.39 is 70.1 Å². The van der Waals surface area contributed by atoms with Crippen LogP contribution in [0.2, 0.25) is 0 Å². The number of imide groups is 1. The largest absolute Gasteiger partial charge is 0.397 e. The van der Waals surface area contributed by atoms with Gasteiger partial charge in [-0.15, -0.1) is 0 Å². The molecule has 1 aliphatic heterocycles. The summed E-state index contributed by atoms with van der Waals surface area (Å²) >= 11 is 0. The molecule has 0 bridgehead atoms. The Hall–Kier alpha value is -0.0373. The predicted octanol–water partition coefficient (Wildman–Crippen LogP) is -1.67. The van der Waals surface area contributed by atoms with E-state index in [0.717, 1.165) is 6.07 Å². The predicted molar refractivity (Wildman–Crippen MR) is 110 cm³/mol. The maximum atomic E-state index is 12.7. The van der Waals surface area contributed by atoms with Gasteiger partial charge in [-0.05, 0) is 18.2 Å². The number of carbonyl (C=O) groups excluding carboxylic acids is 3. The zero-order chi connectivity index (χ0) is 21.9. The molecule has 31 heavy (non-hydrogen) atoms.